The first-order chi connectivity index (χ1) is 12.1. The average molecular weight is 333 g/mol. The maximum atomic E-state index is 12.9. The van der Waals surface area contributed by atoms with Gasteiger partial charge in [0.15, 0.2) is 11.5 Å². The minimum absolute atomic E-state index is 0.114. The van der Waals surface area contributed by atoms with E-state index in [1.54, 1.807) is 18.1 Å². The number of benzene rings is 1. The third-order valence-corrected chi connectivity index (χ3v) is 4.00. The lowest BCUT2D eigenvalue weighted by molar-refractivity contribution is 0.0747. The number of rotatable bonds is 4. The normalized spacial score (nSPS) is 11.8. The summed E-state index contributed by atoms with van der Waals surface area (Å²) in [5, 5.41) is 0. The zero-order valence-corrected chi connectivity index (χ0v) is 14.1. The summed E-state index contributed by atoms with van der Waals surface area (Å²) < 4.78 is 0. The number of nitrogens with two attached hydrogens (primary N) is 1. The number of nitrogen functional groups attached to an aromatic ring is 1. The van der Waals surface area contributed by atoms with Crippen LogP contribution in [0.15, 0.2) is 61.1 Å². The van der Waals surface area contributed by atoms with Gasteiger partial charge in [-0.1, -0.05) is 35.9 Å². The van der Waals surface area contributed by atoms with Crippen molar-refractivity contribution in [3.8, 4) is 0 Å². The van der Waals surface area contributed by atoms with E-state index in [1.165, 1.54) is 12.4 Å². The number of carbonyl (C=O) groups excluding carboxylic acids is 1. The highest BCUT2D eigenvalue weighted by Crippen LogP contribution is 2.28. The second-order valence-electron chi connectivity index (χ2n) is 5.77. The Morgan fingerprint density at radius 3 is 2.36 bits per heavy atom. The third kappa shape index (κ3) is 3.47. The van der Waals surface area contributed by atoms with Crippen molar-refractivity contribution < 1.29 is 4.79 Å². The average Bonchev–Trinajstić information content (AvgIpc) is 2.64. The fraction of sp³-hybridized carbons (Fsp3) is 0.158. The monoisotopic (exact) mass is 333 g/mol. The molecular weight excluding hydrogens is 314 g/mol. The van der Waals surface area contributed by atoms with E-state index in [2.05, 4.69) is 15.0 Å². The molecule has 25 heavy (non-hydrogen) atoms. The number of anilines is 1. The number of amides is 1. The van der Waals surface area contributed by atoms with Crippen LogP contribution >= 0.6 is 0 Å². The molecule has 2 aromatic heterocycles. The van der Waals surface area contributed by atoms with Gasteiger partial charge in [0.05, 0.1) is 11.7 Å². The maximum Gasteiger partial charge on any atom is 0.276 e. The summed E-state index contributed by atoms with van der Waals surface area (Å²) in [5.74, 6) is -0.190. The second-order valence-corrected chi connectivity index (χ2v) is 5.77. The molecule has 3 rings (SSSR count). The summed E-state index contributed by atoms with van der Waals surface area (Å²) in [6.45, 7) is 2.02. The minimum Gasteiger partial charge on any atom is -0.382 e. The van der Waals surface area contributed by atoms with Crippen molar-refractivity contribution in [3.63, 3.8) is 0 Å². The largest absolute Gasteiger partial charge is 0.382 e. The Morgan fingerprint density at radius 1 is 1.00 bits per heavy atom. The van der Waals surface area contributed by atoms with Crippen LogP contribution in [0.3, 0.4) is 0 Å². The molecular formula is C19H19N5O. The van der Waals surface area contributed by atoms with E-state index in [-0.39, 0.29) is 23.5 Å². The second kappa shape index (κ2) is 7.09. The minimum atomic E-state index is -0.351. The lowest BCUT2D eigenvalue weighted by Gasteiger charge is -2.28. The number of hydrogen-bond acceptors (Lipinski definition) is 5. The Morgan fingerprint density at radius 2 is 1.72 bits per heavy atom. The Kier molecular flexibility index (Phi) is 4.70. The van der Waals surface area contributed by atoms with Gasteiger partial charge in [-0.05, 0) is 24.6 Å². The molecule has 0 unspecified atom stereocenters. The predicted molar refractivity (Wildman–Crippen MR) is 95.8 cm³/mol. The molecule has 2 heterocycles. The van der Waals surface area contributed by atoms with Crippen molar-refractivity contribution in [2.24, 2.45) is 0 Å². The molecule has 3 aromatic rings. The number of carbonyl (C=O) groups is 1. The molecule has 0 aliphatic carbocycles. The fourth-order valence-corrected chi connectivity index (χ4v) is 2.68. The van der Waals surface area contributed by atoms with Gasteiger partial charge in [0.2, 0.25) is 0 Å². The van der Waals surface area contributed by atoms with Crippen LogP contribution in [0.2, 0.25) is 0 Å². The molecule has 0 saturated carbocycles. The quantitative estimate of drug-likeness (QED) is 0.793. The highest BCUT2D eigenvalue weighted by atomic mass is 16.2. The van der Waals surface area contributed by atoms with Gasteiger partial charge >= 0.3 is 0 Å². The van der Waals surface area contributed by atoms with Crippen molar-refractivity contribution in [2.45, 2.75) is 13.0 Å². The van der Waals surface area contributed by atoms with Gasteiger partial charge in [-0.3, -0.25) is 9.78 Å². The van der Waals surface area contributed by atoms with E-state index in [1.807, 2.05) is 49.4 Å². The molecule has 0 bridgehead atoms. The molecule has 0 spiro atoms. The van der Waals surface area contributed by atoms with Crippen LogP contribution in [-0.2, 0) is 0 Å². The molecule has 126 valence electrons. The van der Waals surface area contributed by atoms with Gasteiger partial charge in [0.25, 0.3) is 5.91 Å². The van der Waals surface area contributed by atoms with E-state index in [9.17, 15) is 4.79 Å². The zero-order valence-electron chi connectivity index (χ0n) is 14.1. The molecule has 1 atom stereocenters. The molecule has 0 aliphatic rings. The summed E-state index contributed by atoms with van der Waals surface area (Å²) >= 11 is 0. The van der Waals surface area contributed by atoms with Gasteiger partial charge in [-0.2, -0.15) is 0 Å². The van der Waals surface area contributed by atoms with Crippen LogP contribution in [0.4, 0.5) is 5.82 Å². The number of nitrogens with zero attached hydrogens (tertiary/aromatic N) is 4. The van der Waals surface area contributed by atoms with Crippen LogP contribution in [0.5, 0.6) is 0 Å². The van der Waals surface area contributed by atoms with Crippen LogP contribution in [0.25, 0.3) is 0 Å². The Balaban J connectivity index is 2.03. The van der Waals surface area contributed by atoms with E-state index in [4.69, 9.17) is 5.73 Å². The molecule has 1 amide bonds. The molecule has 0 saturated heterocycles. The SMILES string of the molecule is Cc1ccc([C@@H](c2ccccn2)N(C)C(=O)c2nccnc2N)cc1. The van der Waals surface area contributed by atoms with E-state index < -0.39 is 0 Å². The van der Waals surface area contributed by atoms with Crippen LogP contribution in [-0.4, -0.2) is 32.8 Å². The summed E-state index contributed by atoms with van der Waals surface area (Å²) in [4.78, 5) is 27.0. The number of hydrogen-bond donors (Lipinski definition) is 1. The molecule has 6 nitrogen and oxygen atoms in total. The van der Waals surface area contributed by atoms with Gasteiger partial charge < -0.3 is 10.6 Å². The number of aromatic nitrogens is 3. The summed E-state index contributed by atoms with van der Waals surface area (Å²) in [6, 6.07) is 13.3. The van der Waals surface area contributed by atoms with E-state index in [0.29, 0.717) is 0 Å². The molecule has 0 radical (unpaired) electrons. The first kappa shape index (κ1) is 16.6. The number of aryl methyl sites for hydroxylation is 1. The highest BCUT2D eigenvalue weighted by Gasteiger charge is 2.27. The van der Waals surface area contributed by atoms with Gasteiger partial charge in [-0.25, -0.2) is 9.97 Å². The van der Waals surface area contributed by atoms with Gasteiger partial charge in [0.1, 0.15) is 0 Å². The van der Waals surface area contributed by atoms with Crippen molar-refractivity contribution >= 4 is 11.7 Å². The Bertz CT molecular complexity index is 864. The Hall–Kier alpha value is -3.28. The van der Waals surface area contributed by atoms with Crippen LogP contribution in [0, 0.1) is 6.92 Å². The molecule has 2 N–H and O–H groups in total. The third-order valence-electron chi connectivity index (χ3n) is 4.00. The standard InChI is InChI=1S/C19H19N5O/c1-13-6-8-14(9-7-13)17(15-5-3-4-10-21-15)24(2)19(25)16-18(20)23-12-11-22-16/h3-12,17H,1-2H3,(H2,20,23)/t17-/m0/s1. The van der Waals surface area contributed by atoms with Gasteiger partial charge in [0, 0.05) is 25.6 Å². The maximum absolute atomic E-state index is 12.9. The smallest absolute Gasteiger partial charge is 0.276 e. The molecule has 1 aromatic carbocycles. The molecule has 0 aliphatic heterocycles. The first-order valence-corrected chi connectivity index (χ1v) is 7.89. The summed E-state index contributed by atoms with van der Waals surface area (Å²) in [6.07, 6.45) is 4.63. The van der Waals surface area contributed by atoms with Crippen molar-refractivity contribution in [1.29, 1.82) is 0 Å². The highest BCUT2D eigenvalue weighted by molar-refractivity contribution is 5.96. The Labute approximate surface area is 146 Å². The van der Waals surface area contributed by atoms with Crippen molar-refractivity contribution in [2.75, 3.05) is 12.8 Å². The topological polar surface area (TPSA) is 85.0 Å². The van der Waals surface area contributed by atoms with Crippen molar-refractivity contribution in [1.82, 2.24) is 19.9 Å². The number of pyridine rings is 1. The van der Waals surface area contributed by atoms with Gasteiger partial charge in [-0.15, -0.1) is 0 Å². The summed E-state index contributed by atoms with van der Waals surface area (Å²) in [7, 11) is 1.72. The van der Waals surface area contributed by atoms with Crippen LogP contribution in [0.1, 0.15) is 33.4 Å². The van der Waals surface area contributed by atoms with Crippen molar-refractivity contribution in [3.05, 3.63) is 83.6 Å². The lowest BCUT2D eigenvalue weighted by Crippen LogP contribution is -2.33. The van der Waals surface area contributed by atoms with E-state index >= 15 is 0 Å². The first-order valence-electron chi connectivity index (χ1n) is 7.89. The molecule has 0 fully saturated rings. The summed E-state index contributed by atoms with van der Waals surface area (Å²) in [5.41, 5.74) is 8.83. The van der Waals surface area contributed by atoms with Crippen LogP contribution < -0.4 is 5.73 Å². The zero-order chi connectivity index (χ0) is 17.8. The predicted octanol–water partition coefficient (Wildman–Crippen LogP) is 2.62. The lowest BCUT2D eigenvalue weighted by atomic mass is 10.00. The molecule has 6 heteroatoms. The fourth-order valence-electron chi connectivity index (χ4n) is 2.68. The van der Waals surface area contributed by atoms with E-state index in [0.717, 1.165) is 16.8 Å².